The molecule has 1 aromatic carbocycles. The van der Waals surface area contributed by atoms with E-state index >= 15 is 0 Å². The Balaban J connectivity index is 0.000000295. The Morgan fingerprint density at radius 1 is 1.18 bits per heavy atom. The van der Waals surface area contributed by atoms with Gasteiger partial charge in [-0.25, -0.2) is 0 Å². The zero-order valence-electron chi connectivity index (χ0n) is 13.8. The summed E-state index contributed by atoms with van der Waals surface area (Å²) in [6.07, 6.45) is 1.81. The molecule has 1 fully saturated rings. The molecule has 22 heavy (non-hydrogen) atoms. The van der Waals surface area contributed by atoms with Crippen LogP contribution in [0.5, 0.6) is 5.75 Å². The molecule has 0 bridgehead atoms. The standard InChI is InChI=1S/C12H16FNO.C5H10O2/c1-15-12-4-2-10(3-5-12)11-6-8-14(13)9-7-11;1-5(2,3)7-4-6/h2-5,11H,6-9H2,1H3;4H,1-3H3. The molecular formula is C17H26FNO3. The van der Waals surface area contributed by atoms with E-state index < -0.39 is 0 Å². The Morgan fingerprint density at radius 2 is 1.73 bits per heavy atom. The first-order chi connectivity index (χ1) is 10.4. The number of piperidine rings is 1. The fourth-order valence-corrected chi connectivity index (χ4v) is 2.20. The molecule has 1 aromatic rings. The van der Waals surface area contributed by atoms with Gasteiger partial charge in [-0.15, -0.1) is 9.60 Å². The molecule has 0 saturated carbocycles. The molecule has 1 heterocycles. The summed E-state index contributed by atoms with van der Waals surface area (Å²) < 4.78 is 22.5. The monoisotopic (exact) mass is 311 g/mol. The molecule has 0 radical (unpaired) electrons. The third-order valence-electron chi connectivity index (χ3n) is 3.43. The molecule has 5 heteroatoms. The van der Waals surface area contributed by atoms with Crippen molar-refractivity contribution >= 4 is 6.47 Å². The normalized spacial score (nSPS) is 16.4. The lowest BCUT2D eigenvalue weighted by Crippen LogP contribution is -2.26. The van der Waals surface area contributed by atoms with Gasteiger partial charge >= 0.3 is 0 Å². The third kappa shape index (κ3) is 6.89. The van der Waals surface area contributed by atoms with Crippen molar-refractivity contribution in [2.45, 2.75) is 45.1 Å². The van der Waals surface area contributed by atoms with E-state index in [0.29, 0.717) is 25.5 Å². The Labute approximate surface area is 132 Å². The fraction of sp³-hybridized carbons (Fsp3) is 0.588. The van der Waals surface area contributed by atoms with E-state index in [-0.39, 0.29) is 5.60 Å². The number of nitrogens with zero attached hydrogens (tertiary/aromatic N) is 1. The Hall–Kier alpha value is -1.62. The van der Waals surface area contributed by atoms with Gasteiger partial charge in [0, 0.05) is 13.1 Å². The summed E-state index contributed by atoms with van der Waals surface area (Å²) in [4.78, 5) is 9.60. The Bertz CT molecular complexity index is 434. The van der Waals surface area contributed by atoms with E-state index in [4.69, 9.17) is 4.74 Å². The molecule has 4 nitrogen and oxygen atoms in total. The first kappa shape index (κ1) is 18.4. The van der Waals surface area contributed by atoms with Gasteiger partial charge in [0.15, 0.2) is 0 Å². The molecule has 0 aliphatic carbocycles. The van der Waals surface area contributed by atoms with Gasteiger partial charge in [-0.3, -0.25) is 4.79 Å². The number of rotatable bonds is 3. The van der Waals surface area contributed by atoms with Crippen LogP contribution in [0.25, 0.3) is 0 Å². The maximum atomic E-state index is 12.8. The van der Waals surface area contributed by atoms with Crippen molar-refractivity contribution in [3.8, 4) is 5.75 Å². The molecule has 0 aromatic heterocycles. The van der Waals surface area contributed by atoms with Gasteiger partial charge in [0.05, 0.1) is 7.11 Å². The van der Waals surface area contributed by atoms with Gasteiger partial charge in [0.25, 0.3) is 6.47 Å². The number of carbonyl (C=O) groups excluding carboxylic acids is 1. The van der Waals surface area contributed by atoms with E-state index in [1.54, 1.807) is 7.11 Å². The minimum Gasteiger partial charge on any atom is -0.497 e. The molecule has 124 valence electrons. The molecule has 0 atom stereocenters. The van der Waals surface area contributed by atoms with Gasteiger partial charge in [-0.05, 0) is 57.2 Å². The molecular weight excluding hydrogens is 285 g/mol. The minimum atomic E-state index is -0.318. The van der Waals surface area contributed by atoms with Crippen molar-refractivity contribution in [3.63, 3.8) is 0 Å². The van der Waals surface area contributed by atoms with Crippen LogP contribution in [0, 0.1) is 0 Å². The predicted octanol–water partition coefficient (Wildman–Crippen LogP) is 3.72. The fourth-order valence-electron chi connectivity index (χ4n) is 2.20. The first-order valence-corrected chi connectivity index (χ1v) is 7.52. The number of carbonyl (C=O) groups is 1. The van der Waals surface area contributed by atoms with Crippen molar-refractivity contribution in [3.05, 3.63) is 29.8 Å². The number of methoxy groups -OCH3 is 1. The molecule has 0 N–H and O–H groups in total. The molecule has 1 aliphatic rings. The lowest BCUT2D eigenvalue weighted by atomic mass is 9.90. The van der Waals surface area contributed by atoms with Crippen LogP contribution in [0.1, 0.15) is 45.1 Å². The third-order valence-corrected chi connectivity index (χ3v) is 3.43. The maximum absolute atomic E-state index is 12.8. The number of halogens is 1. The minimum absolute atomic E-state index is 0.318. The highest BCUT2D eigenvalue weighted by molar-refractivity contribution is 5.37. The highest BCUT2D eigenvalue weighted by atomic mass is 19.2. The highest BCUT2D eigenvalue weighted by Gasteiger charge is 2.20. The average Bonchev–Trinajstić information content (AvgIpc) is 2.48. The SMILES string of the molecule is CC(C)(C)OC=O.COc1ccc(C2CCN(F)CC2)cc1. The summed E-state index contributed by atoms with van der Waals surface area (Å²) in [6.45, 7) is 7.03. The van der Waals surface area contributed by atoms with E-state index in [1.165, 1.54) is 5.56 Å². The van der Waals surface area contributed by atoms with E-state index in [0.717, 1.165) is 23.7 Å². The molecule has 2 rings (SSSR count). The second kappa shape index (κ2) is 8.73. The summed E-state index contributed by atoms with van der Waals surface area (Å²) in [5.41, 5.74) is 0.978. The van der Waals surface area contributed by atoms with E-state index in [9.17, 15) is 9.28 Å². The lowest BCUT2D eigenvalue weighted by Gasteiger charge is -2.26. The number of hydrogen-bond acceptors (Lipinski definition) is 4. The van der Waals surface area contributed by atoms with Crippen molar-refractivity contribution in [1.29, 1.82) is 0 Å². The molecule has 0 amide bonds. The Morgan fingerprint density at radius 3 is 2.09 bits per heavy atom. The molecule has 0 unspecified atom stereocenters. The number of benzene rings is 1. The second-order valence-corrected chi connectivity index (χ2v) is 6.28. The second-order valence-electron chi connectivity index (χ2n) is 6.28. The summed E-state index contributed by atoms with van der Waals surface area (Å²) in [5, 5.41) is 0.903. The largest absolute Gasteiger partial charge is 0.497 e. The van der Waals surface area contributed by atoms with Gasteiger partial charge in [0.2, 0.25) is 0 Å². The van der Waals surface area contributed by atoms with E-state index in [2.05, 4.69) is 16.9 Å². The Kier molecular flexibility index (Phi) is 7.32. The van der Waals surface area contributed by atoms with Crippen LogP contribution in [0.15, 0.2) is 24.3 Å². The van der Waals surface area contributed by atoms with Crippen LogP contribution in [0.4, 0.5) is 4.48 Å². The molecule has 0 spiro atoms. The number of ether oxygens (including phenoxy) is 2. The summed E-state index contributed by atoms with van der Waals surface area (Å²) >= 11 is 0. The van der Waals surface area contributed by atoms with Crippen LogP contribution >= 0.6 is 0 Å². The topological polar surface area (TPSA) is 38.8 Å². The lowest BCUT2D eigenvalue weighted by molar-refractivity contribution is -0.138. The summed E-state index contributed by atoms with van der Waals surface area (Å²) in [7, 11) is 1.66. The first-order valence-electron chi connectivity index (χ1n) is 7.52. The van der Waals surface area contributed by atoms with Crippen LogP contribution < -0.4 is 4.74 Å². The van der Waals surface area contributed by atoms with Crippen molar-refractivity contribution in [1.82, 2.24) is 5.12 Å². The van der Waals surface area contributed by atoms with Crippen LogP contribution in [0.2, 0.25) is 0 Å². The maximum Gasteiger partial charge on any atom is 0.293 e. The van der Waals surface area contributed by atoms with Gasteiger partial charge in [-0.1, -0.05) is 12.1 Å². The van der Waals surface area contributed by atoms with Gasteiger partial charge < -0.3 is 9.47 Å². The van der Waals surface area contributed by atoms with Crippen molar-refractivity contribution < 1.29 is 18.7 Å². The van der Waals surface area contributed by atoms with Crippen molar-refractivity contribution in [2.75, 3.05) is 20.2 Å². The number of hydrogen-bond donors (Lipinski definition) is 0. The van der Waals surface area contributed by atoms with E-state index in [1.807, 2.05) is 32.9 Å². The summed E-state index contributed by atoms with van der Waals surface area (Å²) in [5.74, 6) is 1.38. The van der Waals surface area contributed by atoms with Crippen LogP contribution in [-0.4, -0.2) is 37.4 Å². The molecule has 1 aliphatic heterocycles. The zero-order valence-corrected chi connectivity index (χ0v) is 13.8. The van der Waals surface area contributed by atoms with Gasteiger partial charge in [-0.2, -0.15) is 0 Å². The summed E-state index contributed by atoms with van der Waals surface area (Å²) in [6, 6.07) is 8.10. The average molecular weight is 311 g/mol. The van der Waals surface area contributed by atoms with Gasteiger partial charge in [0.1, 0.15) is 11.4 Å². The predicted molar refractivity (Wildman–Crippen MR) is 84.6 cm³/mol. The van der Waals surface area contributed by atoms with Crippen molar-refractivity contribution in [2.24, 2.45) is 0 Å². The van der Waals surface area contributed by atoms with Crippen LogP contribution in [-0.2, 0) is 9.53 Å². The smallest absolute Gasteiger partial charge is 0.293 e. The quantitative estimate of drug-likeness (QED) is 0.630. The molecule has 1 saturated heterocycles. The zero-order chi connectivity index (χ0) is 16.6. The highest BCUT2D eigenvalue weighted by Crippen LogP contribution is 2.29. The van der Waals surface area contributed by atoms with Crippen LogP contribution in [0.3, 0.4) is 0 Å².